The molecular formula is C19H18N2O3S. The Bertz CT molecular complexity index is 889. The zero-order valence-corrected chi connectivity index (χ0v) is 14.7. The van der Waals surface area contributed by atoms with E-state index in [2.05, 4.69) is 4.98 Å². The molecule has 0 N–H and O–H groups in total. The number of para-hydroxylation sites is 1. The SMILES string of the molecule is CN(Cc1nc2ccccc2s1)C(=O)c1ccc2c(c1)OCCCO2. The van der Waals surface area contributed by atoms with Crippen molar-refractivity contribution in [2.75, 3.05) is 20.3 Å². The largest absolute Gasteiger partial charge is 0.490 e. The van der Waals surface area contributed by atoms with Crippen LogP contribution < -0.4 is 9.47 Å². The molecule has 4 rings (SSSR count). The number of carbonyl (C=O) groups is 1. The van der Waals surface area contributed by atoms with E-state index >= 15 is 0 Å². The summed E-state index contributed by atoms with van der Waals surface area (Å²) < 4.78 is 12.4. The van der Waals surface area contributed by atoms with Crippen molar-refractivity contribution >= 4 is 27.5 Å². The number of hydrogen-bond acceptors (Lipinski definition) is 5. The second-order valence-electron chi connectivity index (χ2n) is 5.95. The third-order valence-electron chi connectivity index (χ3n) is 4.05. The molecule has 3 aromatic rings. The van der Waals surface area contributed by atoms with E-state index in [1.807, 2.05) is 24.3 Å². The van der Waals surface area contributed by atoms with Crippen LogP contribution in [0, 0.1) is 0 Å². The number of nitrogens with zero attached hydrogens (tertiary/aromatic N) is 2. The van der Waals surface area contributed by atoms with Crippen molar-refractivity contribution in [2.24, 2.45) is 0 Å². The predicted molar refractivity (Wildman–Crippen MR) is 97.5 cm³/mol. The van der Waals surface area contributed by atoms with Crippen molar-refractivity contribution in [1.29, 1.82) is 0 Å². The number of thiazole rings is 1. The number of hydrogen-bond donors (Lipinski definition) is 0. The van der Waals surface area contributed by atoms with Crippen LogP contribution in [0.2, 0.25) is 0 Å². The molecule has 128 valence electrons. The molecule has 6 heteroatoms. The summed E-state index contributed by atoms with van der Waals surface area (Å²) in [4.78, 5) is 19.0. The normalized spacial score (nSPS) is 13.5. The van der Waals surface area contributed by atoms with E-state index in [1.54, 1.807) is 41.5 Å². The van der Waals surface area contributed by atoms with E-state index in [0.29, 0.717) is 36.8 Å². The van der Waals surface area contributed by atoms with Gasteiger partial charge >= 0.3 is 0 Å². The average Bonchev–Trinajstić information content (AvgIpc) is 2.88. The van der Waals surface area contributed by atoms with Gasteiger partial charge in [0.05, 0.1) is 30.0 Å². The lowest BCUT2D eigenvalue weighted by Gasteiger charge is -2.16. The van der Waals surface area contributed by atoms with Crippen LogP contribution in [0.1, 0.15) is 21.8 Å². The molecule has 0 radical (unpaired) electrons. The van der Waals surface area contributed by atoms with Gasteiger partial charge in [0.2, 0.25) is 0 Å². The number of aromatic nitrogens is 1. The summed E-state index contributed by atoms with van der Waals surface area (Å²) in [5, 5.41) is 0.923. The highest BCUT2D eigenvalue weighted by atomic mass is 32.1. The lowest BCUT2D eigenvalue weighted by molar-refractivity contribution is 0.0784. The predicted octanol–water partition coefficient (Wildman–Crippen LogP) is 3.73. The molecule has 25 heavy (non-hydrogen) atoms. The number of fused-ring (bicyclic) bond motifs is 2. The second kappa shape index (κ2) is 6.72. The summed E-state index contributed by atoms with van der Waals surface area (Å²) in [5.74, 6) is 1.27. The minimum Gasteiger partial charge on any atom is -0.490 e. The van der Waals surface area contributed by atoms with Gasteiger partial charge in [-0.25, -0.2) is 4.98 Å². The number of rotatable bonds is 3. The first-order valence-electron chi connectivity index (χ1n) is 8.20. The van der Waals surface area contributed by atoms with Crippen molar-refractivity contribution in [1.82, 2.24) is 9.88 Å². The first-order valence-corrected chi connectivity index (χ1v) is 9.02. The van der Waals surface area contributed by atoms with Crippen LogP contribution in [0.15, 0.2) is 42.5 Å². The Balaban J connectivity index is 1.52. The average molecular weight is 354 g/mol. The van der Waals surface area contributed by atoms with Gasteiger partial charge in [0, 0.05) is 19.0 Å². The fourth-order valence-corrected chi connectivity index (χ4v) is 3.80. The highest BCUT2D eigenvalue weighted by molar-refractivity contribution is 7.18. The Labute approximate surface area is 149 Å². The zero-order valence-electron chi connectivity index (χ0n) is 13.9. The van der Waals surface area contributed by atoms with Crippen LogP contribution in [0.25, 0.3) is 10.2 Å². The highest BCUT2D eigenvalue weighted by Gasteiger charge is 2.18. The lowest BCUT2D eigenvalue weighted by Crippen LogP contribution is -2.26. The fraction of sp³-hybridized carbons (Fsp3) is 0.263. The number of carbonyl (C=O) groups excluding carboxylic acids is 1. The summed E-state index contributed by atoms with van der Waals surface area (Å²) in [6, 6.07) is 13.3. The van der Waals surface area contributed by atoms with Crippen molar-refractivity contribution in [2.45, 2.75) is 13.0 Å². The van der Waals surface area contributed by atoms with Gasteiger partial charge in [-0.2, -0.15) is 0 Å². The molecule has 1 aromatic heterocycles. The van der Waals surface area contributed by atoms with Crippen LogP contribution in [-0.4, -0.2) is 36.1 Å². The first kappa shape index (κ1) is 15.9. The summed E-state index contributed by atoms with van der Waals surface area (Å²) >= 11 is 1.61. The van der Waals surface area contributed by atoms with Crippen molar-refractivity contribution < 1.29 is 14.3 Å². The monoisotopic (exact) mass is 354 g/mol. The lowest BCUT2D eigenvalue weighted by atomic mass is 10.1. The zero-order chi connectivity index (χ0) is 17.2. The maximum Gasteiger partial charge on any atom is 0.254 e. The molecule has 1 amide bonds. The quantitative estimate of drug-likeness (QED) is 0.719. The van der Waals surface area contributed by atoms with Gasteiger partial charge in [0.1, 0.15) is 5.01 Å². The van der Waals surface area contributed by atoms with Crippen molar-refractivity contribution in [3.63, 3.8) is 0 Å². The Morgan fingerprint density at radius 1 is 1.16 bits per heavy atom. The number of benzene rings is 2. The molecule has 0 saturated heterocycles. The van der Waals surface area contributed by atoms with Gasteiger partial charge in [-0.15, -0.1) is 11.3 Å². The van der Waals surface area contributed by atoms with Crippen LogP contribution in [0.4, 0.5) is 0 Å². The van der Waals surface area contributed by atoms with E-state index in [-0.39, 0.29) is 5.91 Å². The molecule has 0 bridgehead atoms. The molecule has 0 fully saturated rings. The molecule has 1 aliphatic rings. The summed E-state index contributed by atoms with van der Waals surface area (Å²) in [6.45, 7) is 1.72. The third kappa shape index (κ3) is 3.30. The van der Waals surface area contributed by atoms with E-state index in [1.165, 1.54) is 0 Å². The topological polar surface area (TPSA) is 51.7 Å². The van der Waals surface area contributed by atoms with Crippen LogP contribution >= 0.6 is 11.3 Å². The maximum absolute atomic E-state index is 12.7. The van der Waals surface area contributed by atoms with Gasteiger partial charge in [-0.05, 0) is 30.3 Å². The molecule has 1 aliphatic heterocycles. The molecule has 2 heterocycles. The van der Waals surface area contributed by atoms with E-state index < -0.39 is 0 Å². The van der Waals surface area contributed by atoms with Gasteiger partial charge in [-0.1, -0.05) is 12.1 Å². The minimum absolute atomic E-state index is 0.0603. The Morgan fingerprint density at radius 3 is 2.80 bits per heavy atom. The maximum atomic E-state index is 12.7. The highest BCUT2D eigenvalue weighted by Crippen LogP contribution is 2.31. The molecule has 5 nitrogen and oxygen atoms in total. The molecule has 0 saturated carbocycles. The van der Waals surface area contributed by atoms with Gasteiger partial charge in [0.15, 0.2) is 11.5 Å². The van der Waals surface area contributed by atoms with Crippen molar-refractivity contribution in [3.8, 4) is 11.5 Å². The summed E-state index contributed by atoms with van der Waals surface area (Å²) in [5.41, 5.74) is 1.56. The summed E-state index contributed by atoms with van der Waals surface area (Å²) in [6.07, 6.45) is 0.843. The Kier molecular flexibility index (Phi) is 4.28. The van der Waals surface area contributed by atoms with Crippen molar-refractivity contribution in [3.05, 3.63) is 53.0 Å². The van der Waals surface area contributed by atoms with E-state index in [0.717, 1.165) is 21.6 Å². The van der Waals surface area contributed by atoms with Crippen LogP contribution in [-0.2, 0) is 6.54 Å². The molecular weight excluding hydrogens is 336 g/mol. The van der Waals surface area contributed by atoms with Crippen LogP contribution in [0.3, 0.4) is 0 Å². The number of ether oxygens (including phenoxy) is 2. The molecule has 0 atom stereocenters. The Morgan fingerprint density at radius 2 is 1.96 bits per heavy atom. The van der Waals surface area contributed by atoms with Crippen LogP contribution in [0.5, 0.6) is 11.5 Å². The van der Waals surface area contributed by atoms with Gasteiger partial charge < -0.3 is 14.4 Å². The summed E-state index contributed by atoms with van der Waals surface area (Å²) in [7, 11) is 1.79. The standard InChI is InChI=1S/C19H18N2O3S/c1-21(12-18-20-14-5-2-3-6-17(14)25-18)19(22)13-7-8-15-16(11-13)24-10-4-9-23-15/h2-3,5-8,11H,4,9-10,12H2,1H3. The second-order valence-corrected chi connectivity index (χ2v) is 7.06. The van der Waals surface area contributed by atoms with E-state index in [4.69, 9.17) is 9.47 Å². The Hall–Kier alpha value is -2.60. The third-order valence-corrected chi connectivity index (χ3v) is 5.07. The molecule has 2 aromatic carbocycles. The first-order chi connectivity index (χ1) is 12.2. The van der Waals surface area contributed by atoms with E-state index in [9.17, 15) is 4.79 Å². The molecule has 0 spiro atoms. The van der Waals surface area contributed by atoms with Gasteiger partial charge in [-0.3, -0.25) is 4.79 Å². The molecule has 0 aliphatic carbocycles. The minimum atomic E-state index is -0.0603. The van der Waals surface area contributed by atoms with Gasteiger partial charge in [0.25, 0.3) is 5.91 Å². The number of amides is 1. The molecule has 0 unspecified atom stereocenters. The smallest absolute Gasteiger partial charge is 0.254 e. The fourth-order valence-electron chi connectivity index (χ4n) is 2.78.